The van der Waals surface area contributed by atoms with Crippen molar-refractivity contribution in [3.63, 3.8) is 0 Å². The van der Waals surface area contributed by atoms with Crippen molar-refractivity contribution in [3.05, 3.63) is 199 Å². The molecule has 82 heavy (non-hydrogen) atoms. The van der Waals surface area contributed by atoms with Crippen molar-refractivity contribution in [1.29, 1.82) is 0 Å². The van der Waals surface area contributed by atoms with Gasteiger partial charge in [-0.05, 0) is 200 Å². The summed E-state index contributed by atoms with van der Waals surface area (Å²) in [6, 6.07) is 67.5. The molecule has 18 rings (SSSR count). The van der Waals surface area contributed by atoms with E-state index in [-0.39, 0.29) is 20.1 Å². The molecule has 6 aliphatic heterocycles. The summed E-state index contributed by atoms with van der Waals surface area (Å²) in [6.45, 7) is 6.27. The number of anilines is 6. The third kappa shape index (κ3) is 6.53. The van der Waals surface area contributed by atoms with Crippen LogP contribution in [0.4, 0.5) is 34.1 Å². The SMILES string of the molecule is CSN1c2cc3c(cc2B2c4cc5c(cc4Oc4cc(-c6ccccc6C)cc1c42)N(SC)c1cc(-c2ccccc2C)cc2c1B5c1sc4ccccc4c1O2)B1c2sc4ccccc4c2Oc2cc(-c4ccccc4C)cc(c21)N3. The molecular formula is C69H46B3N3O3S4. The molecule has 0 saturated carbocycles. The number of hydrogen-bond donors (Lipinski definition) is 1. The minimum atomic E-state index is -0.173. The largest absolute Gasteiger partial charge is 0.458 e. The van der Waals surface area contributed by atoms with Crippen LogP contribution in [0.5, 0.6) is 34.5 Å². The summed E-state index contributed by atoms with van der Waals surface area (Å²) in [4.78, 5) is 0. The molecule has 0 aliphatic carbocycles. The summed E-state index contributed by atoms with van der Waals surface area (Å²) >= 11 is 7.21. The topological polar surface area (TPSA) is 46.2 Å². The second-order valence-corrected chi connectivity index (χ2v) is 26.0. The van der Waals surface area contributed by atoms with Gasteiger partial charge in [-0.25, -0.2) is 0 Å². The average molecular weight is 1130 g/mol. The van der Waals surface area contributed by atoms with Crippen LogP contribution < -0.4 is 75.9 Å². The summed E-state index contributed by atoms with van der Waals surface area (Å²) in [6.07, 6.45) is 4.40. The van der Waals surface area contributed by atoms with Gasteiger partial charge < -0.3 is 19.5 Å². The Labute approximate surface area is 493 Å². The Morgan fingerprint density at radius 1 is 0.390 bits per heavy atom. The van der Waals surface area contributed by atoms with Gasteiger partial charge in [0.15, 0.2) is 0 Å². The van der Waals surface area contributed by atoms with Crippen LogP contribution >= 0.6 is 46.6 Å². The lowest BCUT2D eigenvalue weighted by atomic mass is 9.31. The van der Waals surface area contributed by atoms with Crippen LogP contribution in [0.1, 0.15) is 16.7 Å². The fraction of sp³-hybridized carbons (Fsp3) is 0.0725. The van der Waals surface area contributed by atoms with Gasteiger partial charge in [0.1, 0.15) is 34.5 Å². The zero-order valence-electron chi connectivity index (χ0n) is 45.3. The van der Waals surface area contributed by atoms with Crippen LogP contribution in [0.15, 0.2) is 182 Å². The molecule has 0 amide bonds. The first-order chi connectivity index (χ1) is 40.3. The molecule has 0 fully saturated rings. The van der Waals surface area contributed by atoms with E-state index in [1.54, 1.807) is 23.9 Å². The molecule has 0 radical (unpaired) electrons. The highest BCUT2D eigenvalue weighted by Crippen LogP contribution is 2.50. The van der Waals surface area contributed by atoms with E-state index in [1.165, 1.54) is 85.1 Å². The number of rotatable bonds is 5. The highest BCUT2D eigenvalue weighted by Gasteiger charge is 2.50. The summed E-state index contributed by atoms with van der Waals surface area (Å²) < 4.78 is 31.8. The Morgan fingerprint density at radius 2 is 0.841 bits per heavy atom. The predicted octanol–water partition coefficient (Wildman–Crippen LogP) is 13.4. The van der Waals surface area contributed by atoms with Crippen molar-refractivity contribution in [2.75, 3.05) is 26.4 Å². The van der Waals surface area contributed by atoms with E-state index < -0.39 is 0 Å². The van der Waals surface area contributed by atoms with Crippen molar-refractivity contribution in [3.8, 4) is 67.9 Å². The van der Waals surface area contributed by atoms with Crippen molar-refractivity contribution in [1.82, 2.24) is 0 Å². The van der Waals surface area contributed by atoms with Gasteiger partial charge in [-0.1, -0.05) is 109 Å². The van der Waals surface area contributed by atoms with Crippen molar-refractivity contribution >= 4 is 169 Å². The maximum atomic E-state index is 7.56. The van der Waals surface area contributed by atoms with Crippen LogP contribution in [0.25, 0.3) is 53.6 Å². The molecule has 0 bridgehead atoms. The Balaban J connectivity index is 0.898. The van der Waals surface area contributed by atoms with Crippen molar-refractivity contribution in [2.45, 2.75) is 20.8 Å². The minimum Gasteiger partial charge on any atom is -0.458 e. The molecule has 12 aromatic rings. The molecule has 0 unspecified atom stereocenters. The lowest BCUT2D eigenvalue weighted by Crippen LogP contribution is -2.64. The molecule has 10 aromatic carbocycles. The highest BCUT2D eigenvalue weighted by atomic mass is 32.2. The zero-order chi connectivity index (χ0) is 54.4. The van der Waals surface area contributed by atoms with Gasteiger partial charge in [0.05, 0.1) is 17.1 Å². The molecule has 388 valence electrons. The smallest absolute Gasteiger partial charge is 0.268 e. The van der Waals surface area contributed by atoms with E-state index in [0.717, 1.165) is 102 Å². The summed E-state index contributed by atoms with van der Waals surface area (Å²) in [5.74, 6) is 5.49. The van der Waals surface area contributed by atoms with Gasteiger partial charge >= 0.3 is 0 Å². The van der Waals surface area contributed by atoms with Gasteiger partial charge in [0.2, 0.25) is 0 Å². The van der Waals surface area contributed by atoms with Crippen LogP contribution in [0.3, 0.4) is 0 Å². The average Bonchev–Trinajstić information content (AvgIpc) is 1.28. The third-order valence-corrected chi connectivity index (χ3v) is 22.0. The Kier molecular flexibility index (Phi) is 10.1. The van der Waals surface area contributed by atoms with E-state index in [2.05, 4.69) is 229 Å². The van der Waals surface area contributed by atoms with Crippen LogP contribution in [0.2, 0.25) is 0 Å². The standard InChI is InChI=1S/C69H46B3N3O3S4/c1-36-16-6-9-19-42(36)39-26-52-63-58(29-39)77-66-45-22-12-14-24-61(45)81-68(66)71(63)47-32-48-53(34-51(47)73-52)74(79-4)55-27-40(43-20-10-7-17-37(43)2)30-59-64(55)70(48)50-33-49-54(35-57(50)76-59)75(80-5)56-28-41(44-21-11-8-18-38(44)3)31-60-65(56)72(49)69-67(78-60)46-23-13-15-25-62(46)82-69/h6-35,73H,1-5H3. The van der Waals surface area contributed by atoms with Crippen molar-refractivity contribution < 1.29 is 14.2 Å². The highest BCUT2D eigenvalue weighted by molar-refractivity contribution is 8.00. The Hall–Kier alpha value is -8.19. The predicted molar refractivity (Wildman–Crippen MR) is 355 cm³/mol. The van der Waals surface area contributed by atoms with Gasteiger partial charge in [0.25, 0.3) is 20.1 Å². The number of hydrogen-bond acceptors (Lipinski definition) is 10. The summed E-state index contributed by atoms with van der Waals surface area (Å²) in [7, 11) is 0. The minimum absolute atomic E-state index is 0.0725. The van der Waals surface area contributed by atoms with E-state index >= 15 is 0 Å². The second-order valence-electron chi connectivity index (χ2n) is 22.4. The number of thiophene rings is 2. The summed E-state index contributed by atoms with van der Waals surface area (Å²) in [5, 5.41) is 6.39. The molecule has 6 aliphatic rings. The number of aryl methyl sites for hydroxylation is 3. The van der Waals surface area contributed by atoms with E-state index in [9.17, 15) is 0 Å². The summed E-state index contributed by atoms with van der Waals surface area (Å²) in [5.41, 5.74) is 25.9. The van der Waals surface area contributed by atoms with Gasteiger partial charge in [0, 0.05) is 65.4 Å². The maximum Gasteiger partial charge on any atom is 0.268 e. The monoisotopic (exact) mass is 1130 g/mol. The quantitative estimate of drug-likeness (QED) is 0.135. The Bertz CT molecular complexity index is 4860. The molecule has 1 N–H and O–H groups in total. The van der Waals surface area contributed by atoms with E-state index in [4.69, 9.17) is 14.2 Å². The fourth-order valence-electron chi connectivity index (χ4n) is 14.4. The van der Waals surface area contributed by atoms with Gasteiger partial charge in [-0.15, -0.1) is 22.7 Å². The first-order valence-corrected chi connectivity index (χ1v) is 31.9. The maximum absolute atomic E-state index is 7.56. The number of ether oxygens (including phenoxy) is 3. The van der Waals surface area contributed by atoms with E-state index in [0.29, 0.717) is 0 Å². The molecular weight excluding hydrogens is 1080 g/mol. The van der Waals surface area contributed by atoms with Gasteiger partial charge in [-0.3, -0.25) is 8.61 Å². The fourth-order valence-corrected chi connectivity index (χ4v) is 18.3. The molecule has 13 heteroatoms. The lowest BCUT2D eigenvalue weighted by Gasteiger charge is -2.42. The molecule has 2 aromatic heterocycles. The zero-order valence-corrected chi connectivity index (χ0v) is 48.6. The van der Waals surface area contributed by atoms with Crippen LogP contribution in [0, 0.1) is 20.8 Å². The number of benzene rings is 10. The Morgan fingerprint density at radius 3 is 1.40 bits per heavy atom. The first kappa shape index (κ1) is 47.5. The molecule has 6 nitrogen and oxygen atoms in total. The number of nitrogens with one attached hydrogen (secondary N) is 1. The molecule has 0 saturated heterocycles. The second kappa shape index (κ2) is 17.4. The normalized spacial score (nSPS) is 14.0. The number of nitrogens with zero attached hydrogens (tertiary/aromatic N) is 2. The van der Waals surface area contributed by atoms with Gasteiger partial charge in [-0.2, -0.15) is 0 Å². The number of fused-ring (bicyclic) bond motifs is 16. The third-order valence-electron chi connectivity index (χ3n) is 18.0. The molecule has 8 heterocycles. The molecule has 0 atom stereocenters. The van der Waals surface area contributed by atoms with Crippen LogP contribution in [-0.2, 0) is 0 Å². The van der Waals surface area contributed by atoms with E-state index in [1.807, 2.05) is 22.7 Å². The van der Waals surface area contributed by atoms with Crippen molar-refractivity contribution in [2.24, 2.45) is 0 Å². The molecule has 0 spiro atoms. The lowest BCUT2D eigenvalue weighted by molar-refractivity contribution is 0.488. The first-order valence-electron chi connectivity index (χ1n) is 27.9. The van der Waals surface area contributed by atoms with Crippen LogP contribution in [-0.4, -0.2) is 32.6 Å².